The molecule has 2 nitrogen and oxygen atoms in total. The van der Waals surface area contributed by atoms with Gasteiger partial charge in [0.15, 0.2) is 0 Å². The van der Waals surface area contributed by atoms with Crippen LogP contribution in [0.2, 0.25) is 0 Å². The van der Waals surface area contributed by atoms with Gasteiger partial charge in [-0.05, 0) is 37.9 Å². The van der Waals surface area contributed by atoms with Gasteiger partial charge in [0.2, 0.25) is 0 Å². The first-order valence-corrected chi connectivity index (χ1v) is 5.90. The second-order valence-corrected chi connectivity index (χ2v) is 3.82. The number of ether oxygens (including phenoxy) is 1. The van der Waals surface area contributed by atoms with E-state index in [1.54, 1.807) is 18.9 Å². The highest BCUT2D eigenvalue weighted by Gasteiger charge is 2.06. The average molecular weight is 211 g/mol. The molecule has 1 aromatic carbocycles. The smallest absolute Gasteiger partial charge is 0.132 e. The van der Waals surface area contributed by atoms with Crippen LogP contribution < -0.4 is 10.1 Å². The van der Waals surface area contributed by atoms with E-state index in [0.717, 1.165) is 18.7 Å². The van der Waals surface area contributed by atoms with Crippen LogP contribution >= 0.6 is 11.8 Å². The van der Waals surface area contributed by atoms with Crippen molar-refractivity contribution in [3.05, 3.63) is 23.8 Å². The highest BCUT2D eigenvalue weighted by Crippen LogP contribution is 2.31. The molecule has 0 aliphatic heterocycles. The Morgan fingerprint density at radius 3 is 2.79 bits per heavy atom. The number of thioether (sulfide) groups is 1. The van der Waals surface area contributed by atoms with E-state index in [1.807, 2.05) is 19.2 Å². The van der Waals surface area contributed by atoms with Crippen LogP contribution in [-0.2, 0) is 6.42 Å². The summed E-state index contributed by atoms with van der Waals surface area (Å²) < 4.78 is 5.32. The van der Waals surface area contributed by atoms with E-state index >= 15 is 0 Å². The molecule has 0 aliphatic rings. The van der Waals surface area contributed by atoms with Crippen LogP contribution in [0.1, 0.15) is 5.56 Å². The van der Waals surface area contributed by atoms with Gasteiger partial charge in [0.25, 0.3) is 0 Å². The quantitative estimate of drug-likeness (QED) is 0.754. The highest BCUT2D eigenvalue weighted by atomic mass is 32.2. The Balaban J connectivity index is 2.90. The van der Waals surface area contributed by atoms with Gasteiger partial charge in [-0.15, -0.1) is 11.8 Å². The molecule has 0 spiro atoms. The van der Waals surface area contributed by atoms with Gasteiger partial charge in [0.05, 0.1) is 12.0 Å². The molecular formula is C11H17NOS. The van der Waals surface area contributed by atoms with Crippen molar-refractivity contribution in [1.82, 2.24) is 5.32 Å². The molecule has 1 rings (SSSR count). The zero-order valence-corrected chi connectivity index (χ0v) is 9.78. The molecule has 0 radical (unpaired) electrons. The molecule has 78 valence electrons. The number of benzene rings is 1. The minimum atomic E-state index is 0.978. The third-order valence-corrected chi connectivity index (χ3v) is 3.00. The van der Waals surface area contributed by atoms with Gasteiger partial charge in [-0.2, -0.15) is 0 Å². The van der Waals surface area contributed by atoms with Crippen molar-refractivity contribution < 1.29 is 4.74 Å². The fourth-order valence-corrected chi connectivity index (χ4v) is 2.20. The molecule has 0 bridgehead atoms. The normalized spacial score (nSPS) is 10.2. The van der Waals surface area contributed by atoms with Crippen molar-refractivity contribution in [3.8, 4) is 5.75 Å². The van der Waals surface area contributed by atoms with Gasteiger partial charge in [-0.1, -0.05) is 12.1 Å². The Kier molecular flexibility index (Phi) is 4.84. The third-order valence-electron chi connectivity index (χ3n) is 2.13. The molecule has 0 atom stereocenters. The fraction of sp³-hybridized carbons (Fsp3) is 0.455. The Bertz CT molecular complexity index is 289. The third kappa shape index (κ3) is 2.66. The molecule has 14 heavy (non-hydrogen) atoms. The molecule has 0 aromatic heterocycles. The molecule has 0 saturated carbocycles. The number of hydrogen-bond donors (Lipinski definition) is 1. The van der Waals surface area contributed by atoms with Gasteiger partial charge in [0, 0.05) is 0 Å². The van der Waals surface area contributed by atoms with Gasteiger partial charge in [-0.25, -0.2) is 0 Å². The summed E-state index contributed by atoms with van der Waals surface area (Å²) in [5, 5.41) is 3.15. The van der Waals surface area contributed by atoms with Crippen molar-refractivity contribution in [2.45, 2.75) is 11.3 Å². The summed E-state index contributed by atoms with van der Waals surface area (Å²) in [6.45, 7) is 1.00. The fourth-order valence-electron chi connectivity index (χ4n) is 1.41. The zero-order chi connectivity index (χ0) is 10.4. The average Bonchev–Trinajstić information content (AvgIpc) is 2.25. The summed E-state index contributed by atoms with van der Waals surface area (Å²) >= 11 is 1.74. The second-order valence-electron chi connectivity index (χ2n) is 3.01. The first kappa shape index (κ1) is 11.4. The molecule has 3 heteroatoms. The van der Waals surface area contributed by atoms with Gasteiger partial charge in [0.1, 0.15) is 5.75 Å². The second kappa shape index (κ2) is 5.94. The minimum Gasteiger partial charge on any atom is -0.496 e. The van der Waals surface area contributed by atoms with Crippen LogP contribution in [0.5, 0.6) is 5.75 Å². The zero-order valence-electron chi connectivity index (χ0n) is 8.96. The molecule has 0 fully saturated rings. The molecule has 0 heterocycles. The standard InChI is InChI=1S/C11H17NOS/c1-12-8-7-9-5-4-6-10(13-2)11(9)14-3/h4-6,12H,7-8H2,1-3H3. The van der Waals surface area contributed by atoms with Crippen molar-refractivity contribution >= 4 is 11.8 Å². The number of rotatable bonds is 5. The lowest BCUT2D eigenvalue weighted by Gasteiger charge is -2.11. The number of likely N-dealkylation sites (N-methyl/N-ethyl adjacent to an activating group) is 1. The van der Waals surface area contributed by atoms with E-state index in [9.17, 15) is 0 Å². The number of methoxy groups -OCH3 is 1. The van der Waals surface area contributed by atoms with Gasteiger partial charge >= 0.3 is 0 Å². The largest absolute Gasteiger partial charge is 0.496 e. The lowest BCUT2D eigenvalue weighted by Crippen LogP contribution is -2.10. The summed E-state index contributed by atoms with van der Waals surface area (Å²) in [5.74, 6) is 0.978. The summed E-state index contributed by atoms with van der Waals surface area (Å²) in [6, 6.07) is 6.21. The van der Waals surface area contributed by atoms with Crippen LogP contribution in [0.25, 0.3) is 0 Å². The van der Waals surface area contributed by atoms with Crippen molar-refractivity contribution in [1.29, 1.82) is 0 Å². The predicted molar refractivity (Wildman–Crippen MR) is 62.4 cm³/mol. The van der Waals surface area contributed by atoms with Crippen molar-refractivity contribution in [3.63, 3.8) is 0 Å². The van der Waals surface area contributed by atoms with E-state index in [4.69, 9.17) is 4.74 Å². The molecule has 1 aromatic rings. The maximum Gasteiger partial charge on any atom is 0.132 e. The summed E-state index contributed by atoms with van der Waals surface area (Å²) in [6.07, 6.45) is 3.13. The lowest BCUT2D eigenvalue weighted by atomic mass is 10.1. The maximum atomic E-state index is 5.32. The van der Waals surface area contributed by atoms with E-state index in [0.29, 0.717) is 0 Å². The molecule has 0 aliphatic carbocycles. The molecular weight excluding hydrogens is 194 g/mol. The Labute approximate surface area is 90.0 Å². The van der Waals surface area contributed by atoms with Crippen LogP contribution in [0.3, 0.4) is 0 Å². The number of hydrogen-bond acceptors (Lipinski definition) is 3. The lowest BCUT2D eigenvalue weighted by molar-refractivity contribution is 0.403. The molecule has 1 N–H and O–H groups in total. The van der Waals surface area contributed by atoms with Crippen molar-refractivity contribution in [2.24, 2.45) is 0 Å². The maximum absolute atomic E-state index is 5.32. The van der Waals surface area contributed by atoms with E-state index in [-0.39, 0.29) is 0 Å². The predicted octanol–water partition coefficient (Wildman–Crippen LogP) is 2.18. The van der Waals surface area contributed by atoms with Gasteiger partial charge < -0.3 is 10.1 Å². The first-order chi connectivity index (χ1) is 6.83. The van der Waals surface area contributed by atoms with E-state index < -0.39 is 0 Å². The topological polar surface area (TPSA) is 21.3 Å². The molecule has 0 unspecified atom stereocenters. The molecule has 0 saturated heterocycles. The first-order valence-electron chi connectivity index (χ1n) is 4.68. The monoisotopic (exact) mass is 211 g/mol. The molecule has 0 amide bonds. The van der Waals surface area contributed by atoms with E-state index in [1.165, 1.54) is 10.5 Å². The Hall–Kier alpha value is -0.670. The summed E-state index contributed by atoms with van der Waals surface area (Å²) in [5.41, 5.74) is 1.35. The summed E-state index contributed by atoms with van der Waals surface area (Å²) in [7, 11) is 3.69. The van der Waals surface area contributed by atoms with Crippen LogP contribution in [-0.4, -0.2) is 27.0 Å². The highest BCUT2D eigenvalue weighted by molar-refractivity contribution is 7.98. The Morgan fingerprint density at radius 2 is 2.21 bits per heavy atom. The van der Waals surface area contributed by atoms with E-state index in [2.05, 4.69) is 17.6 Å². The summed E-state index contributed by atoms with van der Waals surface area (Å²) in [4.78, 5) is 1.25. The van der Waals surface area contributed by atoms with Gasteiger partial charge in [-0.3, -0.25) is 0 Å². The van der Waals surface area contributed by atoms with Crippen LogP contribution in [0.4, 0.5) is 0 Å². The number of nitrogens with one attached hydrogen (secondary N) is 1. The van der Waals surface area contributed by atoms with Crippen LogP contribution in [0.15, 0.2) is 23.1 Å². The van der Waals surface area contributed by atoms with Crippen molar-refractivity contribution in [2.75, 3.05) is 27.0 Å². The minimum absolute atomic E-state index is 0.978. The van der Waals surface area contributed by atoms with Crippen LogP contribution in [0, 0.1) is 0 Å². The Morgan fingerprint density at radius 1 is 1.43 bits per heavy atom. The SMILES string of the molecule is CNCCc1cccc(OC)c1SC.